The van der Waals surface area contributed by atoms with Crippen molar-refractivity contribution in [1.29, 1.82) is 0 Å². The summed E-state index contributed by atoms with van der Waals surface area (Å²) in [6.07, 6.45) is 2.05. The Hall–Kier alpha value is -3.68. The number of benzene rings is 3. The second kappa shape index (κ2) is 10.5. The second-order valence-corrected chi connectivity index (χ2v) is 10.7. The Bertz CT molecular complexity index is 1360. The first-order chi connectivity index (χ1) is 17.5. The Morgan fingerprint density at radius 3 is 2.28 bits per heavy atom. The lowest BCUT2D eigenvalue weighted by molar-refractivity contribution is 0.576. The van der Waals surface area contributed by atoms with Gasteiger partial charge in [0.1, 0.15) is 12.1 Å². The zero-order chi connectivity index (χ0) is 25.1. The Kier molecular flexibility index (Phi) is 7.02. The molecule has 5 rings (SSSR count). The first kappa shape index (κ1) is 24.0. The molecule has 0 saturated heterocycles. The van der Waals surface area contributed by atoms with Crippen LogP contribution in [0.1, 0.15) is 33.9 Å². The molecule has 7 heteroatoms. The van der Waals surface area contributed by atoms with Crippen molar-refractivity contribution >= 4 is 11.2 Å². The maximum absolute atomic E-state index is 13.1. The molecule has 0 radical (unpaired) electrons. The van der Waals surface area contributed by atoms with E-state index < -0.39 is 11.2 Å². The average molecular weight is 496 g/mol. The van der Waals surface area contributed by atoms with Crippen molar-refractivity contribution < 1.29 is 4.55 Å². The van der Waals surface area contributed by atoms with Gasteiger partial charge in [-0.2, -0.15) is 15.2 Å². The number of aromatic nitrogens is 5. The van der Waals surface area contributed by atoms with Crippen LogP contribution in [-0.4, -0.2) is 35.3 Å². The number of H-pyrrole nitrogens is 1. The highest BCUT2D eigenvalue weighted by Gasteiger charge is 2.25. The summed E-state index contributed by atoms with van der Waals surface area (Å²) in [5, 5.41) is 12.1. The van der Waals surface area contributed by atoms with Crippen LogP contribution >= 0.6 is 0 Å². The van der Waals surface area contributed by atoms with Gasteiger partial charge >= 0.3 is 5.16 Å². The van der Waals surface area contributed by atoms with Gasteiger partial charge in [-0.25, -0.2) is 9.78 Å². The SMILES string of the molecule is Cc1ccc(-c2cc(CC(C[S+]([O-])c3ncn[nH]3)c3cccc(C)c3)nn2-c2ccc(C)cc2)cc1. The van der Waals surface area contributed by atoms with Crippen molar-refractivity contribution in [1.82, 2.24) is 25.0 Å². The summed E-state index contributed by atoms with van der Waals surface area (Å²) in [4.78, 5) is 4.11. The van der Waals surface area contributed by atoms with Gasteiger partial charge in [0.25, 0.3) is 0 Å². The Balaban J connectivity index is 1.53. The van der Waals surface area contributed by atoms with Gasteiger partial charge < -0.3 is 4.55 Å². The fraction of sp³-hybridized carbons (Fsp3) is 0.207. The van der Waals surface area contributed by atoms with Crippen molar-refractivity contribution in [2.45, 2.75) is 38.3 Å². The minimum Gasteiger partial charge on any atom is -0.609 e. The smallest absolute Gasteiger partial charge is 0.338 e. The molecule has 0 amide bonds. The highest BCUT2D eigenvalue weighted by Crippen LogP contribution is 2.29. The Labute approximate surface area is 214 Å². The van der Waals surface area contributed by atoms with Crippen molar-refractivity contribution in [3.05, 3.63) is 113 Å². The minimum atomic E-state index is -1.30. The molecule has 182 valence electrons. The van der Waals surface area contributed by atoms with E-state index in [4.69, 9.17) is 5.10 Å². The van der Waals surface area contributed by atoms with Crippen LogP contribution in [-0.2, 0) is 17.6 Å². The zero-order valence-corrected chi connectivity index (χ0v) is 21.5. The van der Waals surface area contributed by atoms with Crippen molar-refractivity contribution in [2.24, 2.45) is 0 Å². The molecule has 36 heavy (non-hydrogen) atoms. The molecule has 5 aromatic rings. The molecule has 0 aliphatic rings. The van der Waals surface area contributed by atoms with Crippen molar-refractivity contribution in [3.8, 4) is 16.9 Å². The van der Waals surface area contributed by atoms with Crippen LogP contribution in [0.2, 0.25) is 0 Å². The Morgan fingerprint density at radius 1 is 0.889 bits per heavy atom. The van der Waals surface area contributed by atoms with E-state index in [2.05, 4.69) is 115 Å². The average Bonchev–Trinajstić information content (AvgIpc) is 3.55. The van der Waals surface area contributed by atoms with Gasteiger partial charge in [-0.15, -0.1) is 0 Å². The number of nitrogens with zero attached hydrogens (tertiary/aromatic N) is 4. The predicted octanol–water partition coefficient (Wildman–Crippen LogP) is 5.72. The van der Waals surface area contributed by atoms with Gasteiger partial charge in [-0.3, -0.25) is 0 Å². The maximum atomic E-state index is 13.1. The maximum Gasteiger partial charge on any atom is 0.338 e. The largest absolute Gasteiger partial charge is 0.609 e. The van der Waals surface area contributed by atoms with E-state index in [1.807, 2.05) is 4.68 Å². The normalized spacial score (nSPS) is 13.0. The van der Waals surface area contributed by atoms with Crippen molar-refractivity contribution in [2.75, 3.05) is 5.75 Å². The molecular formula is C29H29N5OS. The zero-order valence-electron chi connectivity index (χ0n) is 20.7. The summed E-state index contributed by atoms with van der Waals surface area (Å²) < 4.78 is 15.1. The molecule has 0 bridgehead atoms. The summed E-state index contributed by atoms with van der Waals surface area (Å²) in [6, 6.07) is 27.5. The fourth-order valence-electron chi connectivity index (χ4n) is 4.36. The first-order valence-electron chi connectivity index (χ1n) is 12.0. The highest BCUT2D eigenvalue weighted by atomic mass is 32.2. The lowest BCUT2D eigenvalue weighted by Gasteiger charge is -2.18. The van der Waals surface area contributed by atoms with E-state index >= 15 is 0 Å². The number of aromatic amines is 1. The third kappa shape index (κ3) is 5.42. The molecule has 3 aromatic carbocycles. The summed E-state index contributed by atoms with van der Waals surface area (Å²) >= 11 is -1.30. The summed E-state index contributed by atoms with van der Waals surface area (Å²) in [7, 11) is 0. The van der Waals surface area contributed by atoms with E-state index in [9.17, 15) is 4.55 Å². The van der Waals surface area contributed by atoms with E-state index in [-0.39, 0.29) is 5.92 Å². The van der Waals surface area contributed by atoms with Crippen LogP contribution in [0.3, 0.4) is 0 Å². The minimum absolute atomic E-state index is 0.00284. The molecule has 2 aromatic heterocycles. The number of aryl methyl sites for hydroxylation is 3. The van der Waals surface area contributed by atoms with Gasteiger partial charge in [-0.1, -0.05) is 77.4 Å². The Morgan fingerprint density at radius 2 is 1.61 bits per heavy atom. The third-order valence-corrected chi connectivity index (χ3v) is 7.65. The molecule has 0 aliphatic heterocycles. The third-order valence-electron chi connectivity index (χ3n) is 6.32. The van der Waals surface area contributed by atoms with Gasteiger partial charge in [0, 0.05) is 29.1 Å². The van der Waals surface area contributed by atoms with Crippen LogP contribution in [0, 0.1) is 20.8 Å². The van der Waals surface area contributed by atoms with E-state index in [1.165, 1.54) is 23.0 Å². The second-order valence-electron chi connectivity index (χ2n) is 9.25. The molecule has 2 heterocycles. The fourth-order valence-corrected chi connectivity index (χ4v) is 5.51. The molecule has 0 aliphatic carbocycles. The van der Waals surface area contributed by atoms with Crippen LogP contribution in [0.4, 0.5) is 0 Å². The van der Waals surface area contributed by atoms with Crippen molar-refractivity contribution in [3.63, 3.8) is 0 Å². The molecule has 6 nitrogen and oxygen atoms in total. The van der Waals surface area contributed by atoms with Gasteiger partial charge in [0.2, 0.25) is 0 Å². The highest BCUT2D eigenvalue weighted by molar-refractivity contribution is 7.91. The van der Waals surface area contributed by atoms with E-state index in [0.29, 0.717) is 17.3 Å². The monoisotopic (exact) mass is 495 g/mol. The number of rotatable bonds is 8. The van der Waals surface area contributed by atoms with Gasteiger partial charge in [-0.05, 0) is 44.5 Å². The molecule has 0 saturated carbocycles. The lowest BCUT2D eigenvalue weighted by atomic mass is 9.94. The van der Waals surface area contributed by atoms with E-state index in [1.54, 1.807) is 0 Å². The first-order valence-corrected chi connectivity index (χ1v) is 13.3. The van der Waals surface area contributed by atoms with Crippen LogP contribution in [0.5, 0.6) is 0 Å². The summed E-state index contributed by atoms with van der Waals surface area (Å²) in [6.45, 7) is 6.25. The lowest BCUT2D eigenvalue weighted by Crippen LogP contribution is -2.18. The van der Waals surface area contributed by atoms with Crippen LogP contribution in [0.15, 0.2) is 90.3 Å². The van der Waals surface area contributed by atoms with Gasteiger partial charge in [0.05, 0.1) is 17.1 Å². The van der Waals surface area contributed by atoms with Crippen LogP contribution < -0.4 is 0 Å². The number of hydrogen-bond acceptors (Lipinski definition) is 4. The molecular weight excluding hydrogens is 466 g/mol. The predicted molar refractivity (Wildman–Crippen MR) is 144 cm³/mol. The molecule has 2 atom stereocenters. The molecule has 0 spiro atoms. The molecule has 1 N–H and O–H groups in total. The summed E-state index contributed by atoms with van der Waals surface area (Å²) in [5.74, 6) is 0.429. The van der Waals surface area contributed by atoms with E-state index in [0.717, 1.165) is 28.2 Å². The standard InChI is InChI=1S/C29H29N5OS/c1-20-7-11-23(12-8-20)28-17-26(33-34(28)27-13-9-21(2)10-14-27)16-25(24-6-4-5-22(3)15-24)18-36(35)29-30-19-31-32-29/h4-15,17,19,25H,16,18H2,1-3H3,(H,30,31,32). The quantitative estimate of drug-likeness (QED) is 0.279. The topological polar surface area (TPSA) is 82.4 Å². The number of nitrogens with one attached hydrogen (secondary N) is 1. The van der Waals surface area contributed by atoms with Crippen LogP contribution in [0.25, 0.3) is 16.9 Å². The molecule has 0 fully saturated rings. The van der Waals surface area contributed by atoms with Gasteiger partial charge in [0.15, 0.2) is 0 Å². The molecule has 2 unspecified atom stereocenters. The number of hydrogen-bond donors (Lipinski definition) is 1. The summed E-state index contributed by atoms with van der Waals surface area (Å²) in [5.41, 5.74) is 8.85.